The van der Waals surface area contributed by atoms with Gasteiger partial charge in [0.1, 0.15) is 23.9 Å². The molecular formula is C20H30F2IN5O2. The summed E-state index contributed by atoms with van der Waals surface area (Å²) in [7, 11) is 3.37. The van der Waals surface area contributed by atoms with Crippen LogP contribution >= 0.6 is 24.0 Å². The van der Waals surface area contributed by atoms with Crippen molar-refractivity contribution in [2.75, 3.05) is 58.4 Å². The first-order valence-corrected chi connectivity index (χ1v) is 9.95. The standard InChI is InChI=1S/C20H29F2N5O2.HI/c1-26(2)18(28)11-24-20(23-10-14-7-9-29-13-14)25-15-6-8-27(12-15)19-16(21)4-3-5-17(19)22;/h3-5,14-15H,6-13H2,1-2H3,(H2,23,24,25);1H. The van der Waals surface area contributed by atoms with Gasteiger partial charge in [-0.25, -0.2) is 13.8 Å². The van der Waals surface area contributed by atoms with Crippen LogP contribution in [0.1, 0.15) is 12.8 Å². The molecule has 0 aliphatic carbocycles. The molecule has 1 aromatic carbocycles. The molecule has 0 radical (unpaired) electrons. The normalized spacial score (nSPS) is 21.3. The second-order valence-corrected chi connectivity index (χ2v) is 7.71. The zero-order valence-electron chi connectivity index (χ0n) is 17.4. The Morgan fingerprint density at radius 2 is 2.03 bits per heavy atom. The molecule has 2 aliphatic heterocycles. The number of anilines is 1. The van der Waals surface area contributed by atoms with Gasteiger partial charge in [-0.3, -0.25) is 4.79 Å². The molecule has 2 N–H and O–H groups in total. The average Bonchev–Trinajstić information content (AvgIpc) is 3.35. The van der Waals surface area contributed by atoms with Gasteiger partial charge in [0.25, 0.3) is 0 Å². The van der Waals surface area contributed by atoms with Gasteiger partial charge in [0.05, 0.1) is 6.61 Å². The number of hydrogen-bond donors (Lipinski definition) is 2. The van der Waals surface area contributed by atoms with E-state index in [1.807, 2.05) is 0 Å². The third-order valence-electron chi connectivity index (χ3n) is 5.24. The molecule has 0 aromatic heterocycles. The molecule has 30 heavy (non-hydrogen) atoms. The summed E-state index contributed by atoms with van der Waals surface area (Å²) in [6, 6.07) is 3.87. The van der Waals surface area contributed by atoms with Crippen molar-refractivity contribution < 1.29 is 18.3 Å². The van der Waals surface area contributed by atoms with Crippen LogP contribution in [0, 0.1) is 17.6 Å². The van der Waals surface area contributed by atoms with E-state index in [1.165, 1.54) is 23.1 Å². The molecule has 2 unspecified atom stereocenters. The highest BCUT2D eigenvalue weighted by Crippen LogP contribution is 2.26. The molecule has 0 spiro atoms. The lowest BCUT2D eigenvalue weighted by Crippen LogP contribution is -2.46. The van der Waals surface area contributed by atoms with E-state index in [4.69, 9.17) is 4.74 Å². The van der Waals surface area contributed by atoms with Crippen LogP contribution in [-0.4, -0.2) is 76.3 Å². The predicted octanol–water partition coefficient (Wildman–Crippen LogP) is 1.82. The smallest absolute Gasteiger partial charge is 0.243 e. The van der Waals surface area contributed by atoms with Gasteiger partial charge in [-0.2, -0.15) is 0 Å². The Morgan fingerprint density at radius 1 is 1.30 bits per heavy atom. The van der Waals surface area contributed by atoms with Gasteiger partial charge in [0.15, 0.2) is 5.96 Å². The molecule has 1 amide bonds. The van der Waals surface area contributed by atoms with Gasteiger partial charge in [-0.15, -0.1) is 24.0 Å². The van der Waals surface area contributed by atoms with E-state index in [-0.39, 0.29) is 48.2 Å². The van der Waals surface area contributed by atoms with Crippen LogP contribution in [-0.2, 0) is 9.53 Å². The van der Waals surface area contributed by atoms with Crippen LogP contribution in [0.3, 0.4) is 0 Å². The summed E-state index contributed by atoms with van der Waals surface area (Å²) in [5, 5.41) is 6.60. The van der Waals surface area contributed by atoms with Gasteiger partial charge in [-0.05, 0) is 25.0 Å². The second kappa shape index (κ2) is 11.6. The SMILES string of the molecule is CN(C)C(=O)CN=C(NCC1CCOC1)NC1CCN(c2c(F)cccc2F)C1.I. The van der Waals surface area contributed by atoms with Crippen molar-refractivity contribution in [1.82, 2.24) is 15.5 Å². The van der Waals surface area contributed by atoms with Crippen molar-refractivity contribution in [2.24, 2.45) is 10.9 Å². The Bertz CT molecular complexity index is 724. The van der Waals surface area contributed by atoms with Gasteiger partial charge >= 0.3 is 0 Å². The van der Waals surface area contributed by atoms with Gasteiger partial charge in [-0.1, -0.05) is 6.07 Å². The summed E-state index contributed by atoms with van der Waals surface area (Å²) in [6.45, 7) is 3.18. The highest BCUT2D eigenvalue weighted by atomic mass is 127. The molecule has 2 aliphatic rings. The minimum Gasteiger partial charge on any atom is -0.381 e. The number of benzene rings is 1. The Morgan fingerprint density at radius 3 is 2.67 bits per heavy atom. The number of nitrogens with zero attached hydrogens (tertiary/aromatic N) is 3. The molecule has 2 fully saturated rings. The molecule has 1 aromatic rings. The van der Waals surface area contributed by atoms with Crippen molar-refractivity contribution in [3.8, 4) is 0 Å². The lowest BCUT2D eigenvalue weighted by Gasteiger charge is -2.22. The molecule has 2 atom stereocenters. The zero-order valence-corrected chi connectivity index (χ0v) is 19.7. The third kappa shape index (κ3) is 6.66. The monoisotopic (exact) mass is 537 g/mol. The lowest BCUT2D eigenvalue weighted by atomic mass is 10.1. The maximum Gasteiger partial charge on any atom is 0.243 e. The van der Waals surface area contributed by atoms with E-state index in [2.05, 4.69) is 15.6 Å². The third-order valence-corrected chi connectivity index (χ3v) is 5.24. The van der Waals surface area contributed by atoms with E-state index >= 15 is 0 Å². The first-order chi connectivity index (χ1) is 13.9. The van der Waals surface area contributed by atoms with Crippen LogP contribution in [0.25, 0.3) is 0 Å². The summed E-state index contributed by atoms with van der Waals surface area (Å²) >= 11 is 0. The van der Waals surface area contributed by atoms with Crippen LogP contribution < -0.4 is 15.5 Å². The Labute approximate surface area is 193 Å². The van der Waals surface area contributed by atoms with Crippen LogP contribution in [0.15, 0.2) is 23.2 Å². The number of hydrogen-bond acceptors (Lipinski definition) is 4. The van der Waals surface area contributed by atoms with Crippen molar-refractivity contribution in [1.29, 1.82) is 0 Å². The van der Waals surface area contributed by atoms with Crippen molar-refractivity contribution in [3.05, 3.63) is 29.8 Å². The number of halogens is 3. The van der Waals surface area contributed by atoms with Crippen molar-refractivity contribution in [2.45, 2.75) is 18.9 Å². The van der Waals surface area contributed by atoms with E-state index in [0.717, 1.165) is 13.0 Å². The maximum atomic E-state index is 14.1. The predicted molar refractivity (Wildman–Crippen MR) is 123 cm³/mol. The average molecular weight is 537 g/mol. The fraction of sp³-hybridized carbons (Fsp3) is 0.600. The number of likely N-dealkylation sites (N-methyl/N-ethyl adjacent to an activating group) is 1. The summed E-state index contributed by atoms with van der Waals surface area (Å²) in [6.07, 6.45) is 1.70. The highest BCUT2D eigenvalue weighted by Gasteiger charge is 2.27. The molecule has 7 nitrogen and oxygen atoms in total. The molecule has 0 bridgehead atoms. The quantitative estimate of drug-likeness (QED) is 0.330. The van der Waals surface area contributed by atoms with E-state index < -0.39 is 11.6 Å². The minimum absolute atomic E-state index is 0. The van der Waals surface area contributed by atoms with Crippen LogP contribution in [0.2, 0.25) is 0 Å². The lowest BCUT2D eigenvalue weighted by molar-refractivity contribution is -0.127. The van der Waals surface area contributed by atoms with Crippen LogP contribution in [0.4, 0.5) is 14.5 Å². The molecule has 0 saturated carbocycles. The number of nitrogens with one attached hydrogen (secondary N) is 2. The molecular weight excluding hydrogens is 507 g/mol. The number of carbonyl (C=O) groups is 1. The van der Waals surface area contributed by atoms with Crippen molar-refractivity contribution in [3.63, 3.8) is 0 Å². The molecule has 2 saturated heterocycles. The summed E-state index contributed by atoms with van der Waals surface area (Å²) < 4.78 is 33.6. The Hall–Kier alpha value is -1.69. The number of carbonyl (C=O) groups excluding carboxylic acids is 1. The number of ether oxygens (including phenoxy) is 1. The molecule has 2 heterocycles. The zero-order chi connectivity index (χ0) is 20.8. The summed E-state index contributed by atoms with van der Waals surface area (Å²) in [5.41, 5.74) is 0.00846. The summed E-state index contributed by atoms with van der Waals surface area (Å²) in [5.74, 6) is -0.283. The van der Waals surface area contributed by atoms with Gasteiger partial charge < -0.3 is 25.2 Å². The minimum atomic E-state index is -0.560. The first-order valence-electron chi connectivity index (χ1n) is 9.95. The number of amides is 1. The fourth-order valence-electron chi connectivity index (χ4n) is 3.49. The Kier molecular flexibility index (Phi) is 9.53. The van der Waals surface area contributed by atoms with E-state index in [1.54, 1.807) is 19.0 Å². The molecule has 3 rings (SSSR count). The molecule has 10 heteroatoms. The Balaban J connectivity index is 0.00000320. The largest absolute Gasteiger partial charge is 0.381 e. The first kappa shape index (κ1) is 24.6. The fourth-order valence-corrected chi connectivity index (χ4v) is 3.49. The number of guanidine groups is 1. The van der Waals surface area contributed by atoms with Crippen LogP contribution in [0.5, 0.6) is 0 Å². The number of rotatable bonds is 6. The van der Waals surface area contributed by atoms with Gasteiger partial charge in [0, 0.05) is 52.3 Å². The van der Waals surface area contributed by atoms with Crippen molar-refractivity contribution >= 4 is 41.5 Å². The summed E-state index contributed by atoms with van der Waals surface area (Å²) in [4.78, 5) is 19.5. The second-order valence-electron chi connectivity index (χ2n) is 7.71. The number of para-hydroxylation sites is 1. The van der Waals surface area contributed by atoms with E-state index in [0.29, 0.717) is 44.5 Å². The highest BCUT2D eigenvalue weighted by molar-refractivity contribution is 14.0. The number of aliphatic imine (C=N–C) groups is 1. The van der Waals surface area contributed by atoms with Gasteiger partial charge in [0.2, 0.25) is 5.91 Å². The maximum absolute atomic E-state index is 14.1. The topological polar surface area (TPSA) is 69.2 Å². The van der Waals surface area contributed by atoms with E-state index in [9.17, 15) is 13.6 Å². The molecule has 168 valence electrons.